The van der Waals surface area contributed by atoms with E-state index in [0.29, 0.717) is 12.6 Å². The molecule has 0 aliphatic carbocycles. The first-order valence-corrected chi connectivity index (χ1v) is 10.4. The highest BCUT2D eigenvalue weighted by Crippen LogP contribution is 2.25. The van der Waals surface area contributed by atoms with Crippen molar-refractivity contribution in [2.75, 3.05) is 20.3 Å². The molecule has 0 unspecified atom stereocenters. The Bertz CT molecular complexity index is 417. The Kier molecular flexibility index (Phi) is 4.79. The van der Waals surface area contributed by atoms with Crippen LogP contribution in [-0.4, -0.2) is 34.7 Å². The van der Waals surface area contributed by atoms with Gasteiger partial charge in [0.15, 0.2) is 8.32 Å². The molecule has 0 saturated carbocycles. The predicted octanol–water partition coefficient (Wildman–Crippen LogP) is 2.74. The Hall–Kier alpha value is -0.683. The van der Waals surface area contributed by atoms with Crippen LogP contribution in [-0.2, 0) is 15.6 Å². The van der Waals surface area contributed by atoms with Crippen LogP contribution in [0.4, 0.5) is 0 Å². The molecule has 2 atom stereocenters. The number of fused-ring (bicyclic) bond motifs is 1. The van der Waals surface area contributed by atoms with Crippen LogP contribution in [0.15, 0.2) is 24.3 Å². The van der Waals surface area contributed by atoms with Crippen molar-refractivity contribution in [2.24, 2.45) is 0 Å². The van der Waals surface area contributed by atoms with Crippen molar-refractivity contribution in [1.82, 2.24) is 5.32 Å². The summed E-state index contributed by atoms with van der Waals surface area (Å²) >= 11 is 0. The molecule has 1 aromatic carbocycles. The lowest BCUT2D eigenvalue weighted by molar-refractivity contribution is 0.145. The highest BCUT2D eigenvalue weighted by atomic mass is 28.4. The molecule has 1 N–H and O–H groups in total. The molecule has 1 aliphatic rings. The largest absolute Gasteiger partial charge is 0.416 e. The van der Waals surface area contributed by atoms with Gasteiger partial charge in [-0.15, -0.1) is 0 Å². The Balaban J connectivity index is 2.07. The van der Waals surface area contributed by atoms with Gasteiger partial charge in [-0.05, 0) is 37.2 Å². The lowest BCUT2D eigenvalue weighted by Gasteiger charge is -2.34. The SMILES string of the molecule is COC[C@H]1N[C@H](CO[Si](C)(C)C)Cc2ccccc21. The maximum Gasteiger partial charge on any atom is 0.183 e. The second-order valence-electron chi connectivity index (χ2n) is 6.20. The molecule has 0 fully saturated rings. The summed E-state index contributed by atoms with van der Waals surface area (Å²) < 4.78 is 11.4. The van der Waals surface area contributed by atoms with Gasteiger partial charge in [-0.1, -0.05) is 24.3 Å². The smallest absolute Gasteiger partial charge is 0.183 e. The van der Waals surface area contributed by atoms with Crippen molar-refractivity contribution in [3.8, 4) is 0 Å². The second kappa shape index (κ2) is 6.18. The molecular weight excluding hydrogens is 254 g/mol. The number of hydrogen-bond donors (Lipinski definition) is 1. The lowest BCUT2D eigenvalue weighted by Crippen LogP contribution is -2.45. The third kappa shape index (κ3) is 4.14. The molecule has 0 spiro atoms. The molecule has 2 rings (SSSR count). The Morgan fingerprint density at radius 2 is 1.95 bits per heavy atom. The van der Waals surface area contributed by atoms with Gasteiger partial charge in [0.2, 0.25) is 0 Å². The van der Waals surface area contributed by atoms with E-state index < -0.39 is 8.32 Å². The number of methoxy groups -OCH3 is 1. The predicted molar refractivity (Wildman–Crippen MR) is 81.0 cm³/mol. The molecule has 1 heterocycles. The van der Waals surface area contributed by atoms with Crippen molar-refractivity contribution in [2.45, 2.75) is 38.1 Å². The molecule has 4 heteroatoms. The molecule has 0 bridgehead atoms. The van der Waals surface area contributed by atoms with Gasteiger partial charge in [-0.2, -0.15) is 0 Å². The third-order valence-electron chi connectivity index (χ3n) is 3.38. The van der Waals surface area contributed by atoms with Gasteiger partial charge >= 0.3 is 0 Å². The summed E-state index contributed by atoms with van der Waals surface area (Å²) in [5.41, 5.74) is 2.79. The molecular formula is C15H25NO2Si. The van der Waals surface area contributed by atoms with Crippen molar-refractivity contribution >= 4 is 8.32 Å². The van der Waals surface area contributed by atoms with Crippen LogP contribution in [0.1, 0.15) is 17.2 Å². The fraction of sp³-hybridized carbons (Fsp3) is 0.600. The van der Waals surface area contributed by atoms with Crippen LogP contribution in [0.2, 0.25) is 19.6 Å². The molecule has 1 aromatic rings. The van der Waals surface area contributed by atoms with E-state index in [1.54, 1.807) is 7.11 Å². The second-order valence-corrected chi connectivity index (χ2v) is 10.7. The van der Waals surface area contributed by atoms with Gasteiger partial charge in [0, 0.05) is 19.8 Å². The zero-order valence-electron chi connectivity index (χ0n) is 12.4. The van der Waals surface area contributed by atoms with E-state index in [2.05, 4.69) is 49.2 Å². The number of hydrogen-bond acceptors (Lipinski definition) is 3. The van der Waals surface area contributed by atoms with Gasteiger partial charge in [0.1, 0.15) is 0 Å². The van der Waals surface area contributed by atoms with E-state index in [9.17, 15) is 0 Å². The summed E-state index contributed by atoms with van der Waals surface area (Å²) in [7, 11) is 0.312. The minimum Gasteiger partial charge on any atom is -0.416 e. The van der Waals surface area contributed by atoms with Crippen LogP contribution in [0.5, 0.6) is 0 Å². The maximum atomic E-state index is 6.05. The van der Waals surface area contributed by atoms with Crippen LogP contribution in [0, 0.1) is 0 Å². The van der Waals surface area contributed by atoms with Crippen LogP contribution in [0.3, 0.4) is 0 Å². The minimum atomic E-state index is -1.44. The minimum absolute atomic E-state index is 0.283. The normalized spacial score (nSPS) is 23.2. The summed E-state index contributed by atoms with van der Waals surface area (Å²) in [5, 5.41) is 3.66. The maximum absolute atomic E-state index is 6.05. The average molecular weight is 279 g/mol. The fourth-order valence-electron chi connectivity index (χ4n) is 2.52. The van der Waals surface area contributed by atoms with Gasteiger partial charge in [-0.3, -0.25) is 0 Å². The summed E-state index contributed by atoms with van der Waals surface area (Å²) in [6, 6.07) is 9.31. The molecule has 0 amide bonds. The quantitative estimate of drug-likeness (QED) is 0.841. The number of benzene rings is 1. The topological polar surface area (TPSA) is 30.5 Å². The summed E-state index contributed by atoms with van der Waals surface area (Å²) in [5.74, 6) is 0. The summed E-state index contributed by atoms with van der Waals surface area (Å²) in [4.78, 5) is 0. The van der Waals surface area contributed by atoms with Gasteiger partial charge < -0.3 is 14.5 Å². The van der Waals surface area contributed by atoms with Crippen molar-refractivity contribution in [1.29, 1.82) is 0 Å². The zero-order chi connectivity index (χ0) is 13.9. The fourth-order valence-corrected chi connectivity index (χ4v) is 3.22. The van der Waals surface area contributed by atoms with Crippen LogP contribution in [0.25, 0.3) is 0 Å². The Labute approximate surface area is 117 Å². The first-order valence-electron chi connectivity index (χ1n) is 6.96. The molecule has 106 valence electrons. The van der Waals surface area contributed by atoms with Gasteiger partial charge in [0.25, 0.3) is 0 Å². The van der Waals surface area contributed by atoms with Crippen LogP contribution < -0.4 is 5.32 Å². The molecule has 0 radical (unpaired) electrons. The van der Waals surface area contributed by atoms with Gasteiger partial charge in [0.05, 0.1) is 12.6 Å². The van der Waals surface area contributed by atoms with E-state index in [4.69, 9.17) is 9.16 Å². The number of nitrogens with one attached hydrogen (secondary N) is 1. The van der Waals surface area contributed by atoms with Gasteiger partial charge in [-0.25, -0.2) is 0 Å². The molecule has 1 aliphatic heterocycles. The molecule has 3 nitrogen and oxygen atoms in total. The molecule has 0 aromatic heterocycles. The van der Waals surface area contributed by atoms with E-state index in [1.165, 1.54) is 11.1 Å². The number of rotatable bonds is 5. The standard InChI is InChI=1S/C15H25NO2Si/c1-17-11-15-14-8-6-5-7-12(14)9-13(16-15)10-18-19(2,3)4/h5-8,13,15-16H,9-11H2,1-4H3/t13-,15+/m0/s1. The zero-order valence-corrected chi connectivity index (χ0v) is 13.4. The first kappa shape index (κ1) is 14.7. The highest BCUT2D eigenvalue weighted by Gasteiger charge is 2.27. The van der Waals surface area contributed by atoms with E-state index >= 15 is 0 Å². The first-order chi connectivity index (χ1) is 8.99. The third-order valence-corrected chi connectivity index (χ3v) is 4.42. The van der Waals surface area contributed by atoms with E-state index in [-0.39, 0.29) is 6.04 Å². The summed E-state index contributed by atoms with van der Waals surface area (Å²) in [6.07, 6.45) is 1.04. The van der Waals surface area contributed by atoms with Crippen molar-refractivity contribution < 1.29 is 9.16 Å². The van der Waals surface area contributed by atoms with Crippen molar-refractivity contribution in [3.63, 3.8) is 0 Å². The van der Waals surface area contributed by atoms with Crippen molar-refractivity contribution in [3.05, 3.63) is 35.4 Å². The monoisotopic (exact) mass is 279 g/mol. The van der Waals surface area contributed by atoms with E-state index in [1.807, 2.05) is 0 Å². The Morgan fingerprint density at radius 1 is 1.21 bits per heavy atom. The molecule has 0 saturated heterocycles. The lowest BCUT2D eigenvalue weighted by atomic mass is 9.91. The summed E-state index contributed by atoms with van der Waals surface area (Å²) in [6.45, 7) is 8.20. The molecule has 19 heavy (non-hydrogen) atoms. The van der Waals surface area contributed by atoms with Crippen LogP contribution >= 0.6 is 0 Å². The highest BCUT2D eigenvalue weighted by molar-refractivity contribution is 6.69. The average Bonchev–Trinajstić information content (AvgIpc) is 2.36. The van der Waals surface area contributed by atoms with E-state index in [0.717, 1.165) is 13.0 Å². The number of ether oxygens (including phenoxy) is 1. The Morgan fingerprint density at radius 3 is 2.63 bits per heavy atom.